The first kappa shape index (κ1) is 18.0. The summed E-state index contributed by atoms with van der Waals surface area (Å²) in [5, 5.41) is 5.61. The van der Waals surface area contributed by atoms with Gasteiger partial charge in [0.15, 0.2) is 0 Å². The van der Waals surface area contributed by atoms with E-state index < -0.39 is 0 Å². The Labute approximate surface area is 153 Å². The molecule has 2 aromatic rings. The van der Waals surface area contributed by atoms with Gasteiger partial charge in [-0.1, -0.05) is 0 Å². The van der Waals surface area contributed by atoms with E-state index in [1.807, 2.05) is 42.7 Å². The van der Waals surface area contributed by atoms with Gasteiger partial charge in [0.1, 0.15) is 0 Å². The summed E-state index contributed by atoms with van der Waals surface area (Å²) in [6.45, 7) is 5.23. The molecular formula is C19H25N5O2. The van der Waals surface area contributed by atoms with Gasteiger partial charge in [-0.05, 0) is 51.0 Å². The third-order valence-electron chi connectivity index (χ3n) is 5.03. The Balaban J connectivity index is 1.58. The van der Waals surface area contributed by atoms with Crippen LogP contribution < -0.4 is 10.6 Å². The molecule has 3 rings (SSSR count). The van der Waals surface area contributed by atoms with E-state index in [2.05, 4.69) is 15.6 Å². The van der Waals surface area contributed by atoms with Gasteiger partial charge in [0.25, 0.3) is 0 Å². The number of amides is 3. The number of imidazole rings is 1. The second-order valence-corrected chi connectivity index (χ2v) is 6.64. The molecule has 3 amide bonds. The number of urea groups is 1. The maximum absolute atomic E-state index is 12.5. The number of benzene rings is 1. The van der Waals surface area contributed by atoms with Crippen molar-refractivity contribution in [1.29, 1.82) is 0 Å². The number of anilines is 1. The lowest BCUT2D eigenvalue weighted by atomic mass is 9.96. The van der Waals surface area contributed by atoms with Gasteiger partial charge >= 0.3 is 6.03 Å². The van der Waals surface area contributed by atoms with E-state index in [4.69, 9.17) is 0 Å². The van der Waals surface area contributed by atoms with Crippen molar-refractivity contribution in [3.63, 3.8) is 0 Å². The number of carbonyl (C=O) groups excluding carboxylic acids is 2. The number of hydrogen-bond donors (Lipinski definition) is 2. The molecule has 1 aliphatic heterocycles. The lowest BCUT2D eigenvalue weighted by molar-refractivity contribution is -0.121. The summed E-state index contributed by atoms with van der Waals surface area (Å²) in [5.41, 5.74) is 3.90. The number of carbonyl (C=O) groups is 2. The molecule has 0 spiro atoms. The normalized spacial score (nSPS) is 15.0. The van der Waals surface area contributed by atoms with Gasteiger partial charge in [-0.15, -0.1) is 0 Å². The summed E-state index contributed by atoms with van der Waals surface area (Å²) in [6, 6.07) is 7.67. The highest BCUT2D eigenvalue weighted by Crippen LogP contribution is 2.21. The molecule has 0 unspecified atom stereocenters. The number of likely N-dealkylation sites (tertiary alicyclic amines) is 1. The van der Waals surface area contributed by atoms with Gasteiger partial charge in [-0.2, -0.15) is 0 Å². The Bertz CT molecular complexity index is 789. The topological polar surface area (TPSA) is 79.3 Å². The molecule has 2 N–H and O–H groups in total. The molecule has 0 aliphatic carbocycles. The first-order valence-electron chi connectivity index (χ1n) is 8.88. The van der Waals surface area contributed by atoms with E-state index in [0.717, 1.165) is 22.8 Å². The van der Waals surface area contributed by atoms with Crippen molar-refractivity contribution in [3.05, 3.63) is 42.0 Å². The highest BCUT2D eigenvalue weighted by molar-refractivity contribution is 5.92. The second-order valence-electron chi connectivity index (χ2n) is 6.64. The monoisotopic (exact) mass is 355 g/mol. The highest BCUT2D eigenvalue weighted by atomic mass is 16.2. The van der Waals surface area contributed by atoms with E-state index in [9.17, 15) is 9.59 Å². The van der Waals surface area contributed by atoms with Gasteiger partial charge in [-0.3, -0.25) is 4.79 Å². The zero-order valence-corrected chi connectivity index (χ0v) is 15.5. The SMILES string of the molecule is CNC(=O)N1CCC(C(=O)Nc2ccc(-n3cnc(C)c3C)cc2)CC1. The predicted octanol–water partition coefficient (Wildman–Crippen LogP) is 2.48. The molecule has 0 radical (unpaired) electrons. The molecule has 1 fully saturated rings. The molecule has 1 aliphatic rings. The van der Waals surface area contributed by atoms with Crippen molar-refractivity contribution < 1.29 is 9.59 Å². The lowest BCUT2D eigenvalue weighted by Gasteiger charge is -2.30. The molecule has 7 heteroatoms. The fraction of sp³-hybridized carbons (Fsp3) is 0.421. The summed E-state index contributed by atoms with van der Waals surface area (Å²) < 4.78 is 2.02. The number of piperidine rings is 1. The van der Waals surface area contributed by atoms with Crippen LogP contribution in [0.5, 0.6) is 0 Å². The smallest absolute Gasteiger partial charge is 0.317 e. The molecule has 1 aromatic heterocycles. The summed E-state index contributed by atoms with van der Waals surface area (Å²) in [5.74, 6) is -0.0434. The van der Waals surface area contributed by atoms with Crippen molar-refractivity contribution in [2.75, 3.05) is 25.5 Å². The van der Waals surface area contributed by atoms with Crippen molar-refractivity contribution in [1.82, 2.24) is 19.8 Å². The fourth-order valence-corrected chi connectivity index (χ4v) is 3.21. The largest absolute Gasteiger partial charge is 0.341 e. The first-order valence-corrected chi connectivity index (χ1v) is 8.88. The molecule has 1 saturated heterocycles. The Hall–Kier alpha value is -2.83. The third kappa shape index (κ3) is 3.71. The fourth-order valence-electron chi connectivity index (χ4n) is 3.21. The van der Waals surface area contributed by atoms with Crippen molar-refractivity contribution >= 4 is 17.6 Å². The van der Waals surface area contributed by atoms with Crippen LogP contribution in [0.1, 0.15) is 24.2 Å². The van der Waals surface area contributed by atoms with E-state index in [1.165, 1.54) is 0 Å². The van der Waals surface area contributed by atoms with Crippen molar-refractivity contribution in [3.8, 4) is 5.69 Å². The quantitative estimate of drug-likeness (QED) is 0.888. The van der Waals surface area contributed by atoms with E-state index >= 15 is 0 Å². The van der Waals surface area contributed by atoms with Crippen molar-refractivity contribution in [2.24, 2.45) is 5.92 Å². The third-order valence-corrected chi connectivity index (χ3v) is 5.03. The molecule has 1 aromatic carbocycles. The van der Waals surface area contributed by atoms with Crippen molar-refractivity contribution in [2.45, 2.75) is 26.7 Å². The Morgan fingerprint density at radius 3 is 2.31 bits per heavy atom. The minimum absolute atomic E-state index is 0.0176. The van der Waals surface area contributed by atoms with Gasteiger partial charge < -0.3 is 20.1 Å². The maximum Gasteiger partial charge on any atom is 0.317 e. The van der Waals surface area contributed by atoms with E-state index in [-0.39, 0.29) is 17.9 Å². The standard InChI is InChI=1S/C19H25N5O2/c1-13-14(2)24(12-21-13)17-6-4-16(5-7-17)22-18(25)15-8-10-23(11-9-15)19(26)20-3/h4-7,12,15H,8-11H2,1-3H3,(H,20,26)(H,22,25). The zero-order chi connectivity index (χ0) is 18.7. The minimum Gasteiger partial charge on any atom is -0.341 e. The maximum atomic E-state index is 12.5. The van der Waals surface area contributed by atoms with Crippen LogP contribution in [-0.4, -0.2) is 46.5 Å². The summed E-state index contributed by atoms with van der Waals surface area (Å²) in [6.07, 6.45) is 3.17. The molecule has 2 heterocycles. The van der Waals surface area contributed by atoms with Gasteiger partial charge in [-0.25, -0.2) is 9.78 Å². The van der Waals surface area contributed by atoms with Crippen LogP contribution in [0.15, 0.2) is 30.6 Å². The molecule has 0 atom stereocenters. The highest BCUT2D eigenvalue weighted by Gasteiger charge is 2.26. The Morgan fingerprint density at radius 1 is 1.12 bits per heavy atom. The van der Waals surface area contributed by atoms with Crippen LogP contribution in [0.25, 0.3) is 5.69 Å². The second kappa shape index (κ2) is 7.59. The average molecular weight is 355 g/mol. The van der Waals surface area contributed by atoms with Gasteiger partial charge in [0.05, 0.1) is 12.0 Å². The molecule has 0 bridgehead atoms. The molecular weight excluding hydrogens is 330 g/mol. The lowest BCUT2D eigenvalue weighted by Crippen LogP contribution is -2.45. The molecule has 0 saturated carbocycles. The number of aryl methyl sites for hydroxylation is 1. The molecule has 26 heavy (non-hydrogen) atoms. The van der Waals surface area contributed by atoms with Crippen LogP contribution in [0.4, 0.5) is 10.5 Å². The summed E-state index contributed by atoms with van der Waals surface area (Å²) in [4.78, 5) is 30.2. The van der Waals surface area contributed by atoms with Crippen LogP contribution in [-0.2, 0) is 4.79 Å². The Morgan fingerprint density at radius 2 is 1.77 bits per heavy atom. The number of hydrogen-bond acceptors (Lipinski definition) is 3. The number of nitrogens with one attached hydrogen (secondary N) is 2. The summed E-state index contributed by atoms with van der Waals surface area (Å²) in [7, 11) is 1.62. The van der Waals surface area contributed by atoms with Crippen LogP contribution in [0, 0.1) is 19.8 Å². The van der Waals surface area contributed by atoms with E-state index in [0.29, 0.717) is 25.9 Å². The number of aromatic nitrogens is 2. The first-order chi connectivity index (χ1) is 12.5. The Kier molecular flexibility index (Phi) is 5.25. The number of rotatable bonds is 3. The molecule has 138 valence electrons. The van der Waals surface area contributed by atoms with Crippen LogP contribution in [0.3, 0.4) is 0 Å². The van der Waals surface area contributed by atoms with Gasteiger partial charge in [0.2, 0.25) is 5.91 Å². The summed E-state index contributed by atoms with van der Waals surface area (Å²) >= 11 is 0. The van der Waals surface area contributed by atoms with Crippen LogP contribution >= 0.6 is 0 Å². The number of nitrogens with zero attached hydrogens (tertiary/aromatic N) is 3. The predicted molar refractivity (Wildman–Crippen MR) is 100 cm³/mol. The van der Waals surface area contributed by atoms with Gasteiger partial charge in [0, 0.05) is 43.1 Å². The molecule has 7 nitrogen and oxygen atoms in total. The van der Waals surface area contributed by atoms with E-state index in [1.54, 1.807) is 18.3 Å². The minimum atomic E-state index is -0.0792. The average Bonchev–Trinajstić information content (AvgIpc) is 3.00. The van der Waals surface area contributed by atoms with Crippen LogP contribution in [0.2, 0.25) is 0 Å². The zero-order valence-electron chi connectivity index (χ0n) is 15.5.